The summed E-state index contributed by atoms with van der Waals surface area (Å²) in [5, 5.41) is 3.59. The third-order valence-electron chi connectivity index (χ3n) is 4.84. The molecule has 1 aromatic heterocycles. The maximum atomic E-state index is 4.54. The number of nitrogens with one attached hydrogen (secondary N) is 1. The second-order valence-electron chi connectivity index (χ2n) is 7.29. The molecule has 3 aromatic carbocycles. The van der Waals surface area contributed by atoms with Crippen molar-refractivity contribution in [3.63, 3.8) is 0 Å². The first-order chi connectivity index (χ1) is 13.7. The highest BCUT2D eigenvalue weighted by molar-refractivity contribution is 5.78. The monoisotopic (exact) mass is 364 g/mol. The fourth-order valence-corrected chi connectivity index (χ4v) is 3.32. The lowest BCUT2D eigenvalue weighted by Gasteiger charge is -2.14. The highest BCUT2D eigenvalue weighted by atomic mass is 14.9. The van der Waals surface area contributed by atoms with Gasteiger partial charge >= 0.3 is 0 Å². The standard InChI is InChI=1S/C26H24N2/c1-19(2)21-11-8-12-24(16-21)28-25-17-22(20-9-4-3-5-10-20)15-23(18-25)26-13-6-7-14-27-26/h3-19,28H,1-2H3. The first kappa shape index (κ1) is 18.0. The lowest BCUT2D eigenvalue weighted by Crippen LogP contribution is -1.95. The van der Waals surface area contributed by atoms with Gasteiger partial charge in [-0.3, -0.25) is 4.98 Å². The number of hydrogen-bond acceptors (Lipinski definition) is 2. The first-order valence-electron chi connectivity index (χ1n) is 9.68. The summed E-state index contributed by atoms with van der Waals surface area (Å²) in [5.74, 6) is 0.501. The Balaban J connectivity index is 1.77. The maximum Gasteiger partial charge on any atom is 0.0702 e. The fraction of sp³-hybridized carbons (Fsp3) is 0.115. The predicted molar refractivity (Wildman–Crippen MR) is 119 cm³/mol. The van der Waals surface area contributed by atoms with Crippen molar-refractivity contribution in [2.45, 2.75) is 19.8 Å². The Morgan fingerprint density at radius 3 is 2.18 bits per heavy atom. The molecule has 4 aromatic rings. The van der Waals surface area contributed by atoms with E-state index in [0.29, 0.717) is 5.92 Å². The van der Waals surface area contributed by atoms with Crippen molar-refractivity contribution in [3.05, 3.63) is 103 Å². The summed E-state index contributed by atoms with van der Waals surface area (Å²) < 4.78 is 0. The molecular weight excluding hydrogens is 340 g/mol. The highest BCUT2D eigenvalue weighted by Crippen LogP contribution is 2.31. The van der Waals surface area contributed by atoms with Crippen molar-refractivity contribution in [3.8, 4) is 22.4 Å². The summed E-state index contributed by atoms with van der Waals surface area (Å²) in [4.78, 5) is 4.54. The van der Waals surface area contributed by atoms with E-state index >= 15 is 0 Å². The molecule has 0 saturated carbocycles. The van der Waals surface area contributed by atoms with Crippen molar-refractivity contribution >= 4 is 11.4 Å². The van der Waals surface area contributed by atoms with Gasteiger partial charge in [-0.25, -0.2) is 0 Å². The SMILES string of the molecule is CC(C)c1cccc(Nc2cc(-c3ccccc3)cc(-c3ccccn3)c2)c1. The molecule has 0 spiro atoms. The van der Waals surface area contributed by atoms with Gasteiger partial charge in [0, 0.05) is 23.1 Å². The van der Waals surface area contributed by atoms with Crippen molar-refractivity contribution < 1.29 is 0 Å². The third-order valence-corrected chi connectivity index (χ3v) is 4.84. The summed E-state index contributed by atoms with van der Waals surface area (Å²) >= 11 is 0. The molecule has 1 heterocycles. The summed E-state index contributed by atoms with van der Waals surface area (Å²) in [7, 11) is 0. The van der Waals surface area contributed by atoms with E-state index in [0.717, 1.165) is 22.6 Å². The zero-order valence-electron chi connectivity index (χ0n) is 16.3. The van der Waals surface area contributed by atoms with Crippen LogP contribution in [0.5, 0.6) is 0 Å². The summed E-state index contributed by atoms with van der Waals surface area (Å²) in [6, 6.07) is 31.7. The van der Waals surface area contributed by atoms with Crippen LogP contribution in [0.4, 0.5) is 11.4 Å². The minimum Gasteiger partial charge on any atom is -0.355 e. The zero-order valence-corrected chi connectivity index (χ0v) is 16.3. The Labute approximate surface area is 166 Å². The lowest BCUT2D eigenvalue weighted by atomic mass is 9.99. The highest BCUT2D eigenvalue weighted by Gasteiger charge is 2.07. The number of pyridine rings is 1. The van der Waals surface area contributed by atoms with Gasteiger partial charge in [0.05, 0.1) is 5.69 Å². The Bertz CT molecular complexity index is 996. The van der Waals surface area contributed by atoms with Crippen LogP contribution in [0.3, 0.4) is 0 Å². The van der Waals surface area contributed by atoms with Gasteiger partial charge < -0.3 is 5.32 Å². The topological polar surface area (TPSA) is 24.9 Å². The maximum absolute atomic E-state index is 4.54. The smallest absolute Gasteiger partial charge is 0.0702 e. The van der Waals surface area contributed by atoms with Crippen molar-refractivity contribution in [1.29, 1.82) is 0 Å². The Morgan fingerprint density at radius 2 is 1.43 bits per heavy atom. The van der Waals surface area contributed by atoms with Crippen molar-refractivity contribution in [2.24, 2.45) is 0 Å². The normalized spacial score (nSPS) is 10.8. The van der Waals surface area contributed by atoms with Crippen LogP contribution < -0.4 is 5.32 Å². The van der Waals surface area contributed by atoms with E-state index in [2.05, 4.69) is 90.9 Å². The van der Waals surface area contributed by atoms with Crippen LogP contribution in [0.25, 0.3) is 22.4 Å². The zero-order chi connectivity index (χ0) is 19.3. The molecule has 0 aliphatic heterocycles. The molecule has 0 aliphatic rings. The molecule has 0 atom stereocenters. The van der Waals surface area contributed by atoms with Crippen molar-refractivity contribution in [1.82, 2.24) is 4.98 Å². The van der Waals surface area contributed by atoms with E-state index in [1.165, 1.54) is 16.7 Å². The Hall–Kier alpha value is -3.39. The van der Waals surface area contributed by atoms with Crippen LogP contribution in [-0.2, 0) is 0 Å². The molecule has 0 radical (unpaired) electrons. The predicted octanol–water partition coefficient (Wildman–Crippen LogP) is 7.28. The summed E-state index contributed by atoms with van der Waals surface area (Å²) in [6.07, 6.45) is 1.84. The van der Waals surface area contributed by atoms with Crippen LogP contribution in [0.1, 0.15) is 25.3 Å². The second-order valence-corrected chi connectivity index (χ2v) is 7.29. The third kappa shape index (κ3) is 4.12. The molecule has 138 valence electrons. The fourth-order valence-electron chi connectivity index (χ4n) is 3.32. The van der Waals surface area contributed by atoms with Crippen molar-refractivity contribution in [2.75, 3.05) is 5.32 Å². The number of rotatable bonds is 5. The molecule has 0 aliphatic carbocycles. The van der Waals surface area contributed by atoms with E-state index < -0.39 is 0 Å². The molecule has 0 bridgehead atoms. The molecule has 0 unspecified atom stereocenters. The van der Waals surface area contributed by atoms with E-state index in [-0.39, 0.29) is 0 Å². The molecule has 0 amide bonds. The largest absolute Gasteiger partial charge is 0.355 e. The Kier molecular flexibility index (Phi) is 5.20. The van der Waals surface area contributed by atoms with Gasteiger partial charge in [0.2, 0.25) is 0 Å². The summed E-state index contributed by atoms with van der Waals surface area (Å²) in [6.45, 7) is 4.43. The van der Waals surface area contributed by atoms with E-state index in [4.69, 9.17) is 0 Å². The summed E-state index contributed by atoms with van der Waals surface area (Å²) in [5.41, 5.74) is 7.93. The lowest BCUT2D eigenvalue weighted by molar-refractivity contribution is 0.867. The van der Waals surface area contributed by atoms with E-state index in [9.17, 15) is 0 Å². The van der Waals surface area contributed by atoms with Crippen LogP contribution in [0.2, 0.25) is 0 Å². The quantitative estimate of drug-likeness (QED) is 0.402. The molecule has 4 rings (SSSR count). The molecule has 2 nitrogen and oxygen atoms in total. The molecule has 28 heavy (non-hydrogen) atoms. The average Bonchev–Trinajstić information content (AvgIpc) is 2.75. The molecular formula is C26H24N2. The van der Waals surface area contributed by atoms with Gasteiger partial charge in [-0.1, -0.05) is 62.4 Å². The van der Waals surface area contributed by atoms with Gasteiger partial charge in [-0.05, 0) is 65.1 Å². The molecule has 0 saturated heterocycles. The molecule has 1 N–H and O–H groups in total. The molecule has 2 heteroatoms. The van der Waals surface area contributed by atoms with Crippen LogP contribution in [0.15, 0.2) is 97.2 Å². The molecule has 0 fully saturated rings. The number of benzene rings is 3. The van der Waals surface area contributed by atoms with Crippen LogP contribution in [-0.4, -0.2) is 4.98 Å². The average molecular weight is 364 g/mol. The van der Waals surface area contributed by atoms with Gasteiger partial charge in [0.15, 0.2) is 0 Å². The number of aromatic nitrogens is 1. The van der Waals surface area contributed by atoms with Gasteiger partial charge in [-0.2, -0.15) is 0 Å². The number of nitrogens with zero attached hydrogens (tertiary/aromatic N) is 1. The minimum absolute atomic E-state index is 0.501. The van der Waals surface area contributed by atoms with E-state index in [1.807, 2.05) is 30.5 Å². The van der Waals surface area contributed by atoms with E-state index in [1.54, 1.807) is 0 Å². The Morgan fingerprint density at radius 1 is 0.643 bits per heavy atom. The van der Waals surface area contributed by atoms with Gasteiger partial charge in [0.25, 0.3) is 0 Å². The number of anilines is 2. The van der Waals surface area contributed by atoms with Crippen LogP contribution in [0, 0.1) is 0 Å². The minimum atomic E-state index is 0.501. The number of hydrogen-bond donors (Lipinski definition) is 1. The first-order valence-corrected chi connectivity index (χ1v) is 9.68. The van der Waals surface area contributed by atoms with Gasteiger partial charge in [0.1, 0.15) is 0 Å². The van der Waals surface area contributed by atoms with Gasteiger partial charge in [-0.15, -0.1) is 0 Å². The second kappa shape index (κ2) is 8.10. The van der Waals surface area contributed by atoms with Crippen LogP contribution >= 0.6 is 0 Å².